The Balaban J connectivity index is 5.99. The van der Waals surface area contributed by atoms with E-state index in [0.717, 1.165) is 6.92 Å². The number of nitrogens with two attached hydrogens (primary N) is 5. The summed E-state index contributed by atoms with van der Waals surface area (Å²) in [5.74, 6) is -6.79. The first-order chi connectivity index (χ1) is 23.8. The monoisotopic (exact) mass is 733 g/mol. The smallest absolute Gasteiger partial charge is 0.328 e. The standard InChI is InChI=1S/C30H59N11O10/c1-14(2)13-21(39-26(46)18(6-10-32)36-24(44)17(35)5-9-31)28(48)40-22(15(3)42)29(49)38-19(7-11-33)25(45)37-20(8-12-34)27(47)41-23(16(4)43)30(50)51/h14-23,42-43H,5-13,31-35H2,1-4H3,(H,36,44)(H,37,45)(H,38,49)(H,39,46)(H,40,48)(H,41,47)(H,50,51)/t15-,16-,17+,18+,19+,20+,21-,22+,23+/m1/s1. The van der Waals surface area contributed by atoms with Crippen LogP contribution in [-0.2, 0) is 33.6 Å². The van der Waals surface area contributed by atoms with Crippen LogP contribution in [0.4, 0.5) is 0 Å². The third-order valence-electron chi connectivity index (χ3n) is 7.53. The number of hydrogen-bond donors (Lipinski definition) is 14. The molecule has 9 atom stereocenters. The molecule has 0 bridgehead atoms. The number of amides is 6. The first-order valence-electron chi connectivity index (χ1n) is 16.8. The Morgan fingerprint density at radius 2 is 0.824 bits per heavy atom. The van der Waals surface area contributed by atoms with Crippen molar-refractivity contribution in [3.8, 4) is 0 Å². The maximum atomic E-state index is 13.5. The average molecular weight is 734 g/mol. The molecule has 0 aliphatic carbocycles. The molecule has 0 aromatic heterocycles. The maximum absolute atomic E-state index is 13.5. The predicted octanol–water partition coefficient (Wildman–Crippen LogP) is -6.49. The Labute approximate surface area is 297 Å². The zero-order valence-electron chi connectivity index (χ0n) is 29.7. The van der Waals surface area contributed by atoms with Gasteiger partial charge in [0.25, 0.3) is 0 Å². The number of carbonyl (C=O) groups is 7. The van der Waals surface area contributed by atoms with Crippen LogP contribution in [0.1, 0.15) is 59.8 Å². The van der Waals surface area contributed by atoms with E-state index in [1.165, 1.54) is 6.92 Å². The molecule has 0 saturated heterocycles. The molecule has 19 N–H and O–H groups in total. The minimum absolute atomic E-state index is 0.00964. The summed E-state index contributed by atoms with van der Waals surface area (Å²) in [6, 6.07) is -9.44. The fourth-order valence-corrected chi connectivity index (χ4v) is 4.71. The number of nitrogens with one attached hydrogen (secondary N) is 6. The molecule has 294 valence electrons. The van der Waals surface area contributed by atoms with E-state index in [-0.39, 0.29) is 64.2 Å². The molecule has 0 aromatic rings. The summed E-state index contributed by atoms with van der Waals surface area (Å²) in [6.07, 6.45) is -3.01. The van der Waals surface area contributed by atoms with Crippen molar-refractivity contribution in [2.45, 2.75) is 114 Å². The van der Waals surface area contributed by atoms with Crippen LogP contribution >= 0.6 is 0 Å². The molecule has 0 fully saturated rings. The van der Waals surface area contributed by atoms with E-state index in [0.29, 0.717) is 0 Å². The van der Waals surface area contributed by atoms with Crippen molar-refractivity contribution in [3.63, 3.8) is 0 Å². The third-order valence-corrected chi connectivity index (χ3v) is 7.53. The number of carboxylic acid groups (broad SMARTS) is 1. The van der Waals surface area contributed by atoms with Crippen LogP contribution in [0.5, 0.6) is 0 Å². The molecule has 51 heavy (non-hydrogen) atoms. The lowest BCUT2D eigenvalue weighted by molar-refractivity contribution is -0.145. The van der Waals surface area contributed by atoms with Crippen molar-refractivity contribution in [1.29, 1.82) is 0 Å². The Morgan fingerprint density at radius 1 is 0.490 bits per heavy atom. The van der Waals surface area contributed by atoms with Crippen LogP contribution in [0.15, 0.2) is 0 Å². The summed E-state index contributed by atoms with van der Waals surface area (Å²) in [6.45, 7) is 5.83. The minimum atomic E-state index is -1.68. The van der Waals surface area contributed by atoms with Crippen LogP contribution in [-0.4, -0.2) is 137 Å². The quantitative estimate of drug-likeness (QED) is 0.0415. The number of carboxylic acids is 1. The van der Waals surface area contributed by atoms with Gasteiger partial charge in [0.05, 0.1) is 18.2 Å². The lowest BCUT2D eigenvalue weighted by Gasteiger charge is -2.29. The molecule has 6 amide bonds. The molecule has 21 nitrogen and oxygen atoms in total. The fraction of sp³-hybridized carbons (Fsp3) is 0.767. The highest BCUT2D eigenvalue weighted by atomic mass is 16.4. The molecule has 0 unspecified atom stereocenters. The molecular formula is C30H59N11O10. The van der Waals surface area contributed by atoms with Gasteiger partial charge in [-0.3, -0.25) is 28.8 Å². The first-order valence-corrected chi connectivity index (χ1v) is 16.8. The van der Waals surface area contributed by atoms with Gasteiger partial charge in [-0.1, -0.05) is 13.8 Å². The summed E-state index contributed by atoms with van der Waals surface area (Å²) in [5, 5.41) is 43.8. The van der Waals surface area contributed by atoms with Gasteiger partial charge >= 0.3 is 5.97 Å². The highest BCUT2D eigenvalue weighted by Crippen LogP contribution is 2.08. The SMILES string of the molecule is CC(C)C[C@@H](NC(=O)[C@H](CCN)NC(=O)[C@@H](N)CCN)C(=O)N[C@H](C(=O)N[C@@H](CCN)C(=O)N[C@@H](CCN)C(=O)N[C@H](C(=O)O)[C@@H](C)O)[C@@H](C)O. The topological polar surface area (TPSA) is 382 Å². The van der Waals surface area contributed by atoms with Crippen molar-refractivity contribution in [1.82, 2.24) is 31.9 Å². The number of hydrogen-bond acceptors (Lipinski definition) is 14. The van der Waals surface area contributed by atoms with Gasteiger partial charge in [0.15, 0.2) is 6.04 Å². The van der Waals surface area contributed by atoms with E-state index in [1.807, 2.05) is 0 Å². The summed E-state index contributed by atoms with van der Waals surface area (Å²) in [5.41, 5.74) is 28.1. The second-order valence-corrected chi connectivity index (χ2v) is 12.6. The van der Waals surface area contributed by atoms with Gasteiger partial charge in [-0.05, 0) is 78.0 Å². The molecular weight excluding hydrogens is 674 g/mol. The summed E-state index contributed by atoms with van der Waals surface area (Å²) in [7, 11) is 0. The van der Waals surface area contributed by atoms with Crippen LogP contribution in [0.2, 0.25) is 0 Å². The van der Waals surface area contributed by atoms with E-state index in [1.54, 1.807) is 13.8 Å². The average Bonchev–Trinajstić information content (AvgIpc) is 3.03. The van der Waals surface area contributed by atoms with E-state index >= 15 is 0 Å². The molecule has 0 aliphatic heterocycles. The van der Waals surface area contributed by atoms with Gasteiger partial charge in [0, 0.05) is 0 Å². The summed E-state index contributed by atoms with van der Waals surface area (Å²) >= 11 is 0. The fourth-order valence-electron chi connectivity index (χ4n) is 4.71. The molecule has 0 aliphatic rings. The normalized spacial score (nSPS) is 16.5. The number of aliphatic carboxylic acids is 1. The summed E-state index contributed by atoms with van der Waals surface area (Å²) in [4.78, 5) is 90.0. The van der Waals surface area contributed by atoms with Gasteiger partial charge in [0.1, 0.15) is 30.2 Å². The van der Waals surface area contributed by atoms with E-state index in [2.05, 4.69) is 31.9 Å². The Morgan fingerprint density at radius 3 is 1.20 bits per heavy atom. The zero-order chi connectivity index (χ0) is 39.4. The summed E-state index contributed by atoms with van der Waals surface area (Å²) < 4.78 is 0. The number of rotatable bonds is 25. The molecule has 0 radical (unpaired) electrons. The van der Waals surface area contributed by atoms with Gasteiger partial charge < -0.3 is 75.9 Å². The minimum Gasteiger partial charge on any atom is -0.480 e. The van der Waals surface area contributed by atoms with Crippen molar-refractivity contribution in [2.75, 3.05) is 26.2 Å². The van der Waals surface area contributed by atoms with Crippen molar-refractivity contribution in [2.24, 2.45) is 34.6 Å². The first kappa shape index (κ1) is 47.0. The number of aliphatic hydroxyl groups is 2. The second-order valence-electron chi connectivity index (χ2n) is 12.6. The lowest BCUT2D eigenvalue weighted by Crippen LogP contribution is -2.62. The number of carbonyl (C=O) groups excluding carboxylic acids is 6. The Hall–Kier alpha value is -3.99. The van der Waals surface area contributed by atoms with Gasteiger partial charge in [-0.2, -0.15) is 0 Å². The lowest BCUT2D eigenvalue weighted by atomic mass is 10.0. The van der Waals surface area contributed by atoms with Crippen LogP contribution in [0.3, 0.4) is 0 Å². The largest absolute Gasteiger partial charge is 0.480 e. The Bertz CT molecular complexity index is 1160. The third kappa shape index (κ3) is 17.2. The molecule has 0 rings (SSSR count). The number of aliphatic hydroxyl groups excluding tert-OH is 2. The van der Waals surface area contributed by atoms with Crippen molar-refractivity contribution < 1.29 is 48.9 Å². The molecule has 21 heteroatoms. The van der Waals surface area contributed by atoms with E-state index < -0.39 is 95.9 Å². The highest BCUT2D eigenvalue weighted by molar-refractivity contribution is 5.97. The second kappa shape index (κ2) is 24.2. The Kier molecular flexibility index (Phi) is 22.3. The molecule has 0 spiro atoms. The molecule has 0 heterocycles. The highest BCUT2D eigenvalue weighted by Gasteiger charge is 2.35. The van der Waals surface area contributed by atoms with Gasteiger partial charge in [0.2, 0.25) is 35.4 Å². The predicted molar refractivity (Wildman–Crippen MR) is 185 cm³/mol. The maximum Gasteiger partial charge on any atom is 0.328 e. The van der Waals surface area contributed by atoms with Crippen LogP contribution in [0.25, 0.3) is 0 Å². The van der Waals surface area contributed by atoms with Gasteiger partial charge in [-0.15, -0.1) is 0 Å². The zero-order valence-corrected chi connectivity index (χ0v) is 29.7. The molecule has 0 saturated carbocycles. The van der Waals surface area contributed by atoms with Crippen molar-refractivity contribution in [3.05, 3.63) is 0 Å². The van der Waals surface area contributed by atoms with E-state index in [9.17, 15) is 48.9 Å². The van der Waals surface area contributed by atoms with Crippen molar-refractivity contribution >= 4 is 41.4 Å². The van der Waals surface area contributed by atoms with Crippen LogP contribution in [0, 0.1) is 5.92 Å². The van der Waals surface area contributed by atoms with E-state index in [4.69, 9.17) is 28.7 Å². The van der Waals surface area contributed by atoms with Gasteiger partial charge in [-0.25, -0.2) is 4.79 Å². The van der Waals surface area contributed by atoms with Crippen LogP contribution < -0.4 is 60.6 Å². The molecule has 0 aromatic carbocycles.